The zero-order valence-electron chi connectivity index (χ0n) is 18.0. The number of benzene rings is 2. The van der Waals surface area contributed by atoms with E-state index in [9.17, 15) is 23.6 Å². The number of halogens is 2. The maximum atomic E-state index is 14.0. The largest absolute Gasteiger partial charge is 0.487 e. The molecule has 0 aromatic heterocycles. The minimum atomic E-state index is -1.09. The van der Waals surface area contributed by atoms with Crippen LogP contribution in [-0.4, -0.2) is 41.1 Å². The normalized spacial score (nSPS) is 22.9. The van der Waals surface area contributed by atoms with Gasteiger partial charge in [-0.25, -0.2) is 9.87 Å². The second-order valence-electron chi connectivity index (χ2n) is 8.42. The van der Waals surface area contributed by atoms with Crippen molar-refractivity contribution in [2.75, 3.05) is 13.1 Å². The number of amides is 2. The van der Waals surface area contributed by atoms with Gasteiger partial charge in [0, 0.05) is 13.1 Å². The summed E-state index contributed by atoms with van der Waals surface area (Å²) in [5, 5.41) is 9.23. The number of hydrogen-bond acceptors (Lipinski definition) is 4. The molecule has 0 saturated heterocycles. The van der Waals surface area contributed by atoms with Crippen LogP contribution in [0.25, 0.3) is 5.57 Å². The molecule has 6 nitrogen and oxygen atoms in total. The zero-order valence-corrected chi connectivity index (χ0v) is 18.0. The molecule has 174 valence electrons. The molecule has 8 heteroatoms. The molecule has 0 radical (unpaired) electrons. The van der Waals surface area contributed by atoms with Crippen LogP contribution in [0.3, 0.4) is 0 Å². The lowest BCUT2D eigenvalue weighted by Crippen LogP contribution is -2.48. The Morgan fingerprint density at radius 3 is 2.52 bits per heavy atom. The Bertz CT molecular complexity index is 1040. The van der Waals surface area contributed by atoms with Gasteiger partial charge in [-0.05, 0) is 49.0 Å². The molecule has 3 atom stereocenters. The van der Waals surface area contributed by atoms with Crippen LogP contribution in [0.15, 0.2) is 54.6 Å². The highest BCUT2D eigenvalue weighted by molar-refractivity contribution is 5.88. The predicted molar refractivity (Wildman–Crippen MR) is 117 cm³/mol. The fraction of sp³-hybridized carbons (Fsp3) is 0.360. The van der Waals surface area contributed by atoms with E-state index >= 15 is 0 Å². The lowest BCUT2D eigenvalue weighted by molar-refractivity contribution is -0.148. The SMILES string of the molecule is O=C(NO)[C@H]1CC(Oc2cccc(F)c2F)CCC1C(=O)N1CC=C(c2ccccc2)CC1. The van der Waals surface area contributed by atoms with Crippen molar-refractivity contribution in [2.45, 2.75) is 31.8 Å². The Morgan fingerprint density at radius 1 is 1.03 bits per heavy atom. The standard InChI is InChI=1S/C25H26F2N2O4/c26-21-7-4-8-22(23(21)27)33-18-9-10-19(20(15-18)24(30)28-32)25(31)29-13-11-17(12-14-29)16-5-2-1-3-6-16/h1-8,11,18-20,32H,9-10,12-15H2,(H,28,30)/t18?,19?,20-/m0/s1. The van der Waals surface area contributed by atoms with Crippen LogP contribution in [0.5, 0.6) is 5.75 Å². The van der Waals surface area contributed by atoms with Gasteiger partial charge < -0.3 is 9.64 Å². The quantitative estimate of drug-likeness (QED) is 0.528. The average Bonchev–Trinajstić information content (AvgIpc) is 2.86. The second-order valence-corrected chi connectivity index (χ2v) is 8.42. The molecule has 1 fully saturated rings. The van der Waals surface area contributed by atoms with Crippen molar-refractivity contribution in [3.8, 4) is 5.75 Å². The summed E-state index contributed by atoms with van der Waals surface area (Å²) in [5.41, 5.74) is 3.95. The van der Waals surface area contributed by atoms with E-state index in [0.717, 1.165) is 11.6 Å². The molecular weight excluding hydrogens is 430 g/mol. The summed E-state index contributed by atoms with van der Waals surface area (Å²) in [7, 11) is 0. The first-order chi connectivity index (χ1) is 16.0. The van der Waals surface area contributed by atoms with Crippen molar-refractivity contribution in [1.29, 1.82) is 0 Å². The minimum Gasteiger partial charge on any atom is -0.487 e. The Labute approximate surface area is 190 Å². The highest BCUT2D eigenvalue weighted by Crippen LogP contribution is 2.35. The van der Waals surface area contributed by atoms with Gasteiger partial charge in [-0.2, -0.15) is 4.39 Å². The van der Waals surface area contributed by atoms with Gasteiger partial charge in [0.05, 0.1) is 17.9 Å². The third-order valence-corrected chi connectivity index (χ3v) is 6.44. The van der Waals surface area contributed by atoms with E-state index in [1.54, 1.807) is 10.4 Å². The monoisotopic (exact) mass is 456 g/mol. The molecule has 4 rings (SSSR count). The summed E-state index contributed by atoms with van der Waals surface area (Å²) in [4.78, 5) is 27.4. The van der Waals surface area contributed by atoms with Crippen LogP contribution in [0.2, 0.25) is 0 Å². The molecule has 1 aliphatic carbocycles. The predicted octanol–water partition coefficient (Wildman–Crippen LogP) is 3.95. The first-order valence-electron chi connectivity index (χ1n) is 11.1. The summed E-state index contributed by atoms with van der Waals surface area (Å²) in [6.07, 6.45) is 3.00. The summed E-state index contributed by atoms with van der Waals surface area (Å²) < 4.78 is 33.1. The van der Waals surface area contributed by atoms with Gasteiger partial charge in [0.2, 0.25) is 17.6 Å². The summed E-state index contributed by atoms with van der Waals surface area (Å²) in [6, 6.07) is 13.6. The Morgan fingerprint density at radius 2 is 1.82 bits per heavy atom. The van der Waals surface area contributed by atoms with E-state index in [4.69, 9.17) is 4.74 Å². The van der Waals surface area contributed by atoms with Crippen molar-refractivity contribution >= 4 is 17.4 Å². The van der Waals surface area contributed by atoms with Crippen LogP contribution >= 0.6 is 0 Å². The van der Waals surface area contributed by atoms with E-state index in [2.05, 4.69) is 0 Å². The number of hydrogen-bond donors (Lipinski definition) is 2. The Hall–Kier alpha value is -3.26. The molecule has 2 aliphatic rings. The fourth-order valence-electron chi connectivity index (χ4n) is 4.68. The van der Waals surface area contributed by atoms with Crippen molar-refractivity contribution < 1.29 is 28.3 Å². The molecule has 2 aromatic carbocycles. The van der Waals surface area contributed by atoms with Gasteiger partial charge >= 0.3 is 0 Å². The molecule has 2 N–H and O–H groups in total. The van der Waals surface area contributed by atoms with Gasteiger partial charge in [-0.3, -0.25) is 14.8 Å². The lowest BCUT2D eigenvalue weighted by atomic mass is 9.76. The molecule has 1 heterocycles. The van der Waals surface area contributed by atoms with Gasteiger partial charge in [-0.15, -0.1) is 0 Å². The van der Waals surface area contributed by atoms with Crippen molar-refractivity contribution in [3.63, 3.8) is 0 Å². The third-order valence-electron chi connectivity index (χ3n) is 6.44. The van der Waals surface area contributed by atoms with E-state index < -0.39 is 35.5 Å². The zero-order chi connectivity index (χ0) is 23.4. The number of carbonyl (C=O) groups excluding carboxylic acids is 2. The first-order valence-corrected chi connectivity index (χ1v) is 11.1. The molecule has 2 unspecified atom stereocenters. The van der Waals surface area contributed by atoms with Crippen molar-refractivity contribution in [2.24, 2.45) is 11.8 Å². The lowest BCUT2D eigenvalue weighted by Gasteiger charge is -2.37. The summed E-state index contributed by atoms with van der Waals surface area (Å²) in [6.45, 7) is 0.986. The fourth-order valence-corrected chi connectivity index (χ4v) is 4.68. The van der Waals surface area contributed by atoms with Crippen LogP contribution in [0.4, 0.5) is 8.78 Å². The van der Waals surface area contributed by atoms with E-state index in [-0.39, 0.29) is 18.1 Å². The third kappa shape index (κ3) is 5.06. The molecule has 1 aliphatic heterocycles. The maximum absolute atomic E-state index is 14.0. The molecule has 0 bridgehead atoms. The molecule has 2 aromatic rings. The first kappa shape index (κ1) is 22.9. The number of carbonyl (C=O) groups is 2. The number of ether oxygens (including phenoxy) is 1. The summed E-state index contributed by atoms with van der Waals surface area (Å²) >= 11 is 0. The van der Waals surface area contributed by atoms with E-state index in [1.807, 2.05) is 36.4 Å². The second kappa shape index (κ2) is 10.1. The van der Waals surface area contributed by atoms with Gasteiger partial charge in [0.15, 0.2) is 11.6 Å². The number of hydroxylamine groups is 1. The topological polar surface area (TPSA) is 78.9 Å². The molecule has 0 spiro atoms. The van der Waals surface area contributed by atoms with Crippen LogP contribution < -0.4 is 10.2 Å². The Balaban J connectivity index is 1.44. The molecule has 1 saturated carbocycles. The van der Waals surface area contributed by atoms with Crippen molar-refractivity contribution in [3.05, 3.63) is 71.8 Å². The van der Waals surface area contributed by atoms with Crippen LogP contribution in [0, 0.1) is 23.5 Å². The Kier molecular flexibility index (Phi) is 7.03. The molecule has 2 amide bonds. The van der Waals surface area contributed by atoms with Gasteiger partial charge in [-0.1, -0.05) is 42.5 Å². The number of nitrogens with one attached hydrogen (secondary N) is 1. The van der Waals surface area contributed by atoms with Crippen LogP contribution in [0.1, 0.15) is 31.2 Å². The van der Waals surface area contributed by atoms with E-state index in [1.165, 1.54) is 17.7 Å². The summed E-state index contributed by atoms with van der Waals surface area (Å²) in [5.74, 6) is -4.63. The highest BCUT2D eigenvalue weighted by atomic mass is 19.2. The molecular formula is C25H26F2N2O4. The number of rotatable bonds is 5. The average molecular weight is 456 g/mol. The van der Waals surface area contributed by atoms with E-state index in [0.29, 0.717) is 32.4 Å². The van der Waals surface area contributed by atoms with Crippen LogP contribution in [-0.2, 0) is 9.59 Å². The molecule has 33 heavy (non-hydrogen) atoms. The minimum absolute atomic E-state index is 0.109. The smallest absolute Gasteiger partial charge is 0.247 e. The highest BCUT2D eigenvalue weighted by Gasteiger charge is 2.42. The van der Waals surface area contributed by atoms with Crippen molar-refractivity contribution in [1.82, 2.24) is 10.4 Å². The van der Waals surface area contributed by atoms with Gasteiger partial charge in [0.1, 0.15) is 0 Å². The number of nitrogens with zero attached hydrogens (tertiary/aromatic N) is 1. The maximum Gasteiger partial charge on any atom is 0.247 e. The van der Waals surface area contributed by atoms with Gasteiger partial charge in [0.25, 0.3) is 0 Å².